The van der Waals surface area contributed by atoms with E-state index in [4.69, 9.17) is 4.74 Å². The number of hydrogen-bond acceptors (Lipinski definition) is 3. The third kappa shape index (κ3) is 3.79. The quantitative estimate of drug-likeness (QED) is 0.722. The van der Waals surface area contributed by atoms with Crippen LogP contribution in [-0.2, 0) is 17.8 Å². The monoisotopic (exact) mass is 353 g/mol. The molecular formula is C21H24FN3O. The predicted octanol–water partition coefficient (Wildman–Crippen LogP) is 4.19. The SMILES string of the molecule is Cc1c(CN(Cc2ccccn2)CC2CCCO2)[nH]c2ccc(F)cc12. The zero-order valence-corrected chi connectivity index (χ0v) is 15.0. The summed E-state index contributed by atoms with van der Waals surface area (Å²) in [5.41, 5.74) is 4.26. The fraction of sp³-hybridized carbons (Fsp3) is 0.381. The van der Waals surface area contributed by atoms with Gasteiger partial charge in [-0.2, -0.15) is 0 Å². The molecule has 1 aromatic carbocycles. The molecule has 1 N–H and O–H groups in total. The highest BCUT2D eigenvalue weighted by molar-refractivity contribution is 5.84. The fourth-order valence-electron chi connectivity index (χ4n) is 3.72. The van der Waals surface area contributed by atoms with Crippen LogP contribution in [0.15, 0.2) is 42.6 Å². The molecule has 5 heteroatoms. The smallest absolute Gasteiger partial charge is 0.123 e. The first-order valence-corrected chi connectivity index (χ1v) is 9.19. The summed E-state index contributed by atoms with van der Waals surface area (Å²) in [6.07, 6.45) is 4.35. The molecule has 136 valence electrons. The Labute approximate surface area is 153 Å². The van der Waals surface area contributed by atoms with Crippen molar-refractivity contribution in [2.45, 2.75) is 39.0 Å². The number of nitrogens with zero attached hydrogens (tertiary/aromatic N) is 2. The molecule has 3 aromatic rings. The normalized spacial score (nSPS) is 17.4. The van der Waals surface area contributed by atoms with Gasteiger partial charge in [-0.1, -0.05) is 6.07 Å². The third-order valence-corrected chi connectivity index (χ3v) is 5.10. The lowest BCUT2D eigenvalue weighted by atomic mass is 10.1. The van der Waals surface area contributed by atoms with Gasteiger partial charge in [-0.3, -0.25) is 9.88 Å². The summed E-state index contributed by atoms with van der Waals surface area (Å²) in [4.78, 5) is 10.3. The summed E-state index contributed by atoms with van der Waals surface area (Å²) in [5.74, 6) is -0.198. The van der Waals surface area contributed by atoms with Crippen LogP contribution in [0.25, 0.3) is 10.9 Å². The van der Waals surface area contributed by atoms with Gasteiger partial charge in [-0.25, -0.2) is 4.39 Å². The van der Waals surface area contributed by atoms with Crippen molar-refractivity contribution in [2.24, 2.45) is 0 Å². The Bertz CT molecular complexity index is 872. The molecule has 26 heavy (non-hydrogen) atoms. The molecule has 1 aliphatic heterocycles. The number of benzene rings is 1. The Morgan fingerprint density at radius 1 is 1.27 bits per heavy atom. The summed E-state index contributed by atoms with van der Waals surface area (Å²) in [6.45, 7) is 5.31. The fourth-order valence-corrected chi connectivity index (χ4v) is 3.72. The van der Waals surface area contributed by atoms with E-state index in [0.717, 1.165) is 66.9 Å². The second-order valence-electron chi connectivity index (χ2n) is 7.04. The third-order valence-electron chi connectivity index (χ3n) is 5.10. The van der Waals surface area contributed by atoms with E-state index in [1.807, 2.05) is 24.4 Å². The van der Waals surface area contributed by atoms with Gasteiger partial charge < -0.3 is 9.72 Å². The number of pyridine rings is 1. The minimum absolute atomic E-state index is 0.198. The molecule has 0 radical (unpaired) electrons. The number of aromatic nitrogens is 2. The van der Waals surface area contributed by atoms with E-state index in [1.165, 1.54) is 6.07 Å². The Balaban J connectivity index is 1.58. The van der Waals surface area contributed by atoms with Crippen molar-refractivity contribution < 1.29 is 9.13 Å². The molecule has 0 amide bonds. The van der Waals surface area contributed by atoms with Gasteiger partial charge in [0.1, 0.15) is 5.82 Å². The summed E-state index contributed by atoms with van der Waals surface area (Å²) < 4.78 is 19.4. The number of H-pyrrole nitrogens is 1. The van der Waals surface area contributed by atoms with Gasteiger partial charge in [0, 0.05) is 49.0 Å². The zero-order chi connectivity index (χ0) is 17.9. The lowest BCUT2D eigenvalue weighted by Crippen LogP contribution is -2.32. The van der Waals surface area contributed by atoms with E-state index in [-0.39, 0.29) is 11.9 Å². The summed E-state index contributed by atoms with van der Waals surface area (Å²) in [6, 6.07) is 10.9. The number of fused-ring (bicyclic) bond motifs is 1. The number of rotatable bonds is 6. The van der Waals surface area contributed by atoms with Crippen molar-refractivity contribution in [3.05, 3.63) is 65.4 Å². The van der Waals surface area contributed by atoms with Crippen molar-refractivity contribution in [1.29, 1.82) is 0 Å². The molecule has 1 saturated heterocycles. The highest BCUT2D eigenvalue weighted by Gasteiger charge is 2.21. The number of aromatic amines is 1. The lowest BCUT2D eigenvalue weighted by Gasteiger charge is -2.25. The summed E-state index contributed by atoms with van der Waals surface area (Å²) in [5, 5.41) is 0.954. The average Bonchev–Trinajstić information content (AvgIpc) is 3.25. The molecule has 1 unspecified atom stereocenters. The van der Waals surface area contributed by atoms with Crippen molar-refractivity contribution in [3.8, 4) is 0 Å². The maximum atomic E-state index is 13.6. The van der Waals surface area contributed by atoms with Gasteiger partial charge in [0.15, 0.2) is 0 Å². The lowest BCUT2D eigenvalue weighted by molar-refractivity contribution is 0.0670. The minimum atomic E-state index is -0.198. The van der Waals surface area contributed by atoms with E-state index in [0.29, 0.717) is 0 Å². The molecule has 0 spiro atoms. The first kappa shape index (κ1) is 17.2. The second-order valence-corrected chi connectivity index (χ2v) is 7.04. The molecule has 1 fully saturated rings. The van der Waals surface area contributed by atoms with Crippen LogP contribution in [0.1, 0.15) is 29.8 Å². The van der Waals surface area contributed by atoms with Gasteiger partial charge in [-0.05, 0) is 55.7 Å². The molecule has 1 aliphatic rings. The summed E-state index contributed by atoms with van der Waals surface area (Å²) >= 11 is 0. The Morgan fingerprint density at radius 2 is 2.19 bits per heavy atom. The van der Waals surface area contributed by atoms with Crippen LogP contribution in [0.4, 0.5) is 4.39 Å². The van der Waals surface area contributed by atoms with E-state index in [1.54, 1.807) is 6.07 Å². The average molecular weight is 353 g/mol. The van der Waals surface area contributed by atoms with Crippen molar-refractivity contribution in [2.75, 3.05) is 13.2 Å². The zero-order valence-electron chi connectivity index (χ0n) is 15.0. The summed E-state index contributed by atoms with van der Waals surface area (Å²) in [7, 11) is 0. The number of aryl methyl sites for hydroxylation is 1. The van der Waals surface area contributed by atoms with Crippen LogP contribution in [0.3, 0.4) is 0 Å². The topological polar surface area (TPSA) is 41.2 Å². The van der Waals surface area contributed by atoms with E-state index in [2.05, 4.69) is 27.9 Å². The van der Waals surface area contributed by atoms with E-state index >= 15 is 0 Å². The first-order valence-electron chi connectivity index (χ1n) is 9.19. The molecule has 4 nitrogen and oxygen atoms in total. The molecule has 4 rings (SSSR count). The van der Waals surface area contributed by atoms with Crippen molar-refractivity contribution in [3.63, 3.8) is 0 Å². The van der Waals surface area contributed by atoms with Gasteiger partial charge >= 0.3 is 0 Å². The van der Waals surface area contributed by atoms with Crippen LogP contribution in [-0.4, -0.2) is 34.1 Å². The molecule has 0 bridgehead atoms. The van der Waals surface area contributed by atoms with Crippen LogP contribution in [0.5, 0.6) is 0 Å². The largest absolute Gasteiger partial charge is 0.377 e. The Kier molecular flexibility index (Phi) is 5.00. The molecule has 0 aliphatic carbocycles. The Hall–Kier alpha value is -2.24. The standard InChI is InChI=1S/C21H24FN3O/c1-15-19-11-16(22)7-8-20(19)24-21(15)14-25(13-18-6-4-10-26-18)12-17-5-2-3-9-23-17/h2-3,5,7-9,11,18,24H,4,6,10,12-14H2,1H3. The highest BCUT2D eigenvalue weighted by atomic mass is 19.1. The molecule has 1 atom stereocenters. The van der Waals surface area contributed by atoms with Gasteiger partial charge in [-0.15, -0.1) is 0 Å². The van der Waals surface area contributed by atoms with E-state index in [9.17, 15) is 4.39 Å². The van der Waals surface area contributed by atoms with E-state index < -0.39 is 0 Å². The first-order chi connectivity index (χ1) is 12.7. The maximum Gasteiger partial charge on any atom is 0.123 e. The molecular weight excluding hydrogens is 329 g/mol. The number of hydrogen-bond donors (Lipinski definition) is 1. The number of nitrogens with one attached hydrogen (secondary N) is 1. The molecule has 3 heterocycles. The van der Waals surface area contributed by atoms with Crippen LogP contribution < -0.4 is 0 Å². The Morgan fingerprint density at radius 3 is 2.96 bits per heavy atom. The highest BCUT2D eigenvalue weighted by Crippen LogP contribution is 2.25. The van der Waals surface area contributed by atoms with Gasteiger partial charge in [0.05, 0.1) is 11.8 Å². The molecule has 0 saturated carbocycles. The number of halogens is 1. The van der Waals surface area contributed by atoms with Crippen LogP contribution in [0.2, 0.25) is 0 Å². The maximum absolute atomic E-state index is 13.6. The van der Waals surface area contributed by atoms with Gasteiger partial charge in [0.2, 0.25) is 0 Å². The molecule has 2 aromatic heterocycles. The van der Waals surface area contributed by atoms with Crippen LogP contribution >= 0.6 is 0 Å². The minimum Gasteiger partial charge on any atom is -0.377 e. The second kappa shape index (κ2) is 7.56. The van der Waals surface area contributed by atoms with Crippen molar-refractivity contribution in [1.82, 2.24) is 14.9 Å². The van der Waals surface area contributed by atoms with Crippen LogP contribution in [0, 0.1) is 12.7 Å². The number of ether oxygens (including phenoxy) is 1. The van der Waals surface area contributed by atoms with Crippen molar-refractivity contribution >= 4 is 10.9 Å². The van der Waals surface area contributed by atoms with Gasteiger partial charge in [0.25, 0.3) is 0 Å². The predicted molar refractivity (Wildman–Crippen MR) is 100 cm³/mol.